The molecular formula is C21H23N3O2S2. The first-order valence-corrected chi connectivity index (χ1v) is 11.2. The Morgan fingerprint density at radius 3 is 2.75 bits per heavy atom. The van der Waals surface area contributed by atoms with E-state index in [1.54, 1.807) is 0 Å². The lowest BCUT2D eigenvalue weighted by Gasteiger charge is -2.17. The molecular weight excluding hydrogens is 390 g/mol. The maximum absolute atomic E-state index is 12.3. The van der Waals surface area contributed by atoms with Gasteiger partial charge in [-0.3, -0.25) is 9.59 Å². The number of thioether (sulfide) groups is 1. The predicted molar refractivity (Wildman–Crippen MR) is 116 cm³/mol. The molecule has 1 heterocycles. The van der Waals surface area contributed by atoms with Crippen LogP contribution in [0.4, 0.5) is 10.7 Å². The number of hydrogen-bond donors (Lipinski definition) is 2. The molecule has 146 valence electrons. The Bertz CT molecular complexity index is 930. The summed E-state index contributed by atoms with van der Waals surface area (Å²) in [7, 11) is 0. The lowest BCUT2D eigenvalue weighted by atomic mass is 9.89. The summed E-state index contributed by atoms with van der Waals surface area (Å²) in [6, 6.07) is 9.85. The van der Waals surface area contributed by atoms with Gasteiger partial charge >= 0.3 is 0 Å². The summed E-state index contributed by atoms with van der Waals surface area (Å²) in [5.41, 5.74) is 3.55. The fourth-order valence-corrected chi connectivity index (χ4v) is 5.27. The molecule has 0 fully saturated rings. The predicted octanol–water partition coefficient (Wildman–Crippen LogP) is 4.36. The van der Waals surface area contributed by atoms with Gasteiger partial charge in [0, 0.05) is 10.6 Å². The van der Waals surface area contributed by atoms with Crippen molar-refractivity contribution in [2.45, 2.75) is 33.1 Å². The average molecular weight is 414 g/mol. The molecule has 1 aromatic heterocycles. The molecule has 2 amide bonds. The zero-order valence-corrected chi connectivity index (χ0v) is 17.6. The van der Waals surface area contributed by atoms with Crippen molar-refractivity contribution in [3.63, 3.8) is 0 Å². The van der Waals surface area contributed by atoms with Crippen molar-refractivity contribution in [1.82, 2.24) is 0 Å². The van der Waals surface area contributed by atoms with Crippen LogP contribution >= 0.6 is 23.1 Å². The number of nitrogens with one attached hydrogen (secondary N) is 2. The standard InChI is InChI=1S/C21H23N3O2S2/c1-13-4-3-5-15(8-13)23-19(25)11-27-12-20(26)24-21-17(10-22)16-7-6-14(2)9-18(16)28-21/h3-5,8,14H,6-7,9,11-12H2,1-2H3,(H,23,25)(H,24,26). The third-order valence-electron chi connectivity index (χ3n) is 4.64. The molecule has 28 heavy (non-hydrogen) atoms. The number of anilines is 2. The third-order valence-corrected chi connectivity index (χ3v) is 6.75. The molecule has 2 aromatic rings. The van der Waals surface area contributed by atoms with Crippen LogP contribution in [0.15, 0.2) is 24.3 Å². The number of carbonyl (C=O) groups excluding carboxylic acids is 2. The molecule has 2 N–H and O–H groups in total. The number of thiophene rings is 1. The zero-order chi connectivity index (χ0) is 20.1. The van der Waals surface area contributed by atoms with Gasteiger partial charge in [-0.25, -0.2) is 0 Å². The van der Waals surface area contributed by atoms with Crippen LogP contribution in [0.25, 0.3) is 0 Å². The second-order valence-electron chi connectivity index (χ2n) is 7.13. The van der Waals surface area contributed by atoms with Gasteiger partial charge in [-0.2, -0.15) is 5.26 Å². The van der Waals surface area contributed by atoms with Crippen LogP contribution in [0.5, 0.6) is 0 Å². The first-order valence-electron chi connectivity index (χ1n) is 9.25. The largest absolute Gasteiger partial charge is 0.325 e. The Morgan fingerprint density at radius 1 is 1.29 bits per heavy atom. The van der Waals surface area contributed by atoms with E-state index in [0.717, 1.165) is 36.1 Å². The van der Waals surface area contributed by atoms with Crippen molar-refractivity contribution < 1.29 is 9.59 Å². The molecule has 0 aliphatic heterocycles. The number of benzene rings is 1. The van der Waals surface area contributed by atoms with Crippen LogP contribution < -0.4 is 10.6 Å². The van der Waals surface area contributed by atoms with E-state index in [0.29, 0.717) is 16.5 Å². The fraction of sp³-hybridized carbons (Fsp3) is 0.381. The van der Waals surface area contributed by atoms with Crippen LogP contribution in [0.3, 0.4) is 0 Å². The minimum absolute atomic E-state index is 0.137. The van der Waals surface area contributed by atoms with Gasteiger partial charge in [0.05, 0.1) is 17.1 Å². The number of amides is 2. The Kier molecular flexibility index (Phi) is 6.76. The van der Waals surface area contributed by atoms with E-state index in [2.05, 4.69) is 23.6 Å². The van der Waals surface area contributed by atoms with Gasteiger partial charge in [0.25, 0.3) is 0 Å². The minimum Gasteiger partial charge on any atom is -0.325 e. The Balaban J connectivity index is 1.50. The number of aryl methyl sites for hydroxylation is 1. The van der Waals surface area contributed by atoms with Crippen LogP contribution in [0, 0.1) is 24.2 Å². The topological polar surface area (TPSA) is 82.0 Å². The number of fused-ring (bicyclic) bond motifs is 1. The summed E-state index contributed by atoms with van der Waals surface area (Å²) in [5.74, 6) is 0.664. The van der Waals surface area contributed by atoms with Crippen molar-refractivity contribution in [2.75, 3.05) is 22.1 Å². The Hall–Kier alpha value is -2.30. The first-order chi connectivity index (χ1) is 13.5. The zero-order valence-electron chi connectivity index (χ0n) is 16.0. The monoisotopic (exact) mass is 413 g/mol. The lowest BCUT2D eigenvalue weighted by molar-refractivity contribution is -0.114. The van der Waals surface area contributed by atoms with E-state index in [9.17, 15) is 14.9 Å². The van der Waals surface area contributed by atoms with Gasteiger partial charge in [-0.1, -0.05) is 19.1 Å². The van der Waals surface area contributed by atoms with Gasteiger partial charge in [0.2, 0.25) is 11.8 Å². The van der Waals surface area contributed by atoms with E-state index < -0.39 is 0 Å². The number of rotatable bonds is 6. The van der Waals surface area contributed by atoms with E-state index in [1.165, 1.54) is 28.0 Å². The van der Waals surface area contributed by atoms with Crippen LogP contribution in [-0.4, -0.2) is 23.3 Å². The van der Waals surface area contributed by atoms with Crippen molar-refractivity contribution in [3.05, 3.63) is 45.8 Å². The molecule has 0 bridgehead atoms. The molecule has 1 aromatic carbocycles. The summed E-state index contributed by atoms with van der Waals surface area (Å²) in [6.07, 6.45) is 2.95. The molecule has 3 rings (SSSR count). The van der Waals surface area contributed by atoms with Gasteiger partial charge in [0.15, 0.2) is 0 Å². The van der Waals surface area contributed by atoms with E-state index in [-0.39, 0.29) is 23.3 Å². The van der Waals surface area contributed by atoms with Crippen LogP contribution in [-0.2, 0) is 22.4 Å². The van der Waals surface area contributed by atoms with E-state index in [4.69, 9.17) is 0 Å². The van der Waals surface area contributed by atoms with Gasteiger partial charge in [-0.05, 0) is 55.4 Å². The molecule has 0 spiro atoms. The van der Waals surface area contributed by atoms with Crippen LogP contribution in [0.2, 0.25) is 0 Å². The molecule has 1 aliphatic carbocycles. The summed E-state index contributed by atoms with van der Waals surface area (Å²) in [5, 5.41) is 15.8. The second-order valence-corrected chi connectivity index (χ2v) is 9.22. The number of nitriles is 1. The maximum atomic E-state index is 12.3. The van der Waals surface area contributed by atoms with Crippen molar-refractivity contribution in [1.29, 1.82) is 5.26 Å². The highest BCUT2D eigenvalue weighted by molar-refractivity contribution is 8.00. The normalized spacial score (nSPS) is 15.4. The highest BCUT2D eigenvalue weighted by Crippen LogP contribution is 2.39. The molecule has 1 unspecified atom stereocenters. The Morgan fingerprint density at radius 2 is 2.04 bits per heavy atom. The van der Waals surface area contributed by atoms with Crippen molar-refractivity contribution in [3.8, 4) is 6.07 Å². The van der Waals surface area contributed by atoms with E-state index >= 15 is 0 Å². The van der Waals surface area contributed by atoms with Gasteiger partial charge in [-0.15, -0.1) is 23.1 Å². The van der Waals surface area contributed by atoms with Gasteiger partial charge in [0.1, 0.15) is 11.1 Å². The number of carbonyl (C=O) groups is 2. The Labute approximate surface area is 173 Å². The van der Waals surface area contributed by atoms with E-state index in [1.807, 2.05) is 31.2 Å². The minimum atomic E-state index is -0.184. The average Bonchev–Trinajstić information content (AvgIpc) is 2.97. The summed E-state index contributed by atoms with van der Waals surface area (Å²) in [4.78, 5) is 25.5. The highest BCUT2D eigenvalue weighted by atomic mass is 32.2. The van der Waals surface area contributed by atoms with Crippen molar-refractivity contribution >= 4 is 45.6 Å². The SMILES string of the molecule is Cc1cccc(NC(=O)CSCC(=O)Nc2sc3c(c2C#N)CCC(C)C3)c1. The smallest absolute Gasteiger partial charge is 0.235 e. The lowest BCUT2D eigenvalue weighted by Crippen LogP contribution is -2.18. The molecule has 0 saturated heterocycles. The fourth-order valence-electron chi connectivity index (χ4n) is 3.28. The molecule has 7 heteroatoms. The molecule has 5 nitrogen and oxygen atoms in total. The highest BCUT2D eigenvalue weighted by Gasteiger charge is 2.24. The maximum Gasteiger partial charge on any atom is 0.235 e. The molecule has 1 atom stereocenters. The first kappa shape index (κ1) is 20.4. The number of nitrogens with zero attached hydrogens (tertiary/aromatic N) is 1. The number of hydrogen-bond acceptors (Lipinski definition) is 5. The summed E-state index contributed by atoms with van der Waals surface area (Å²) in [6.45, 7) is 4.18. The summed E-state index contributed by atoms with van der Waals surface area (Å²) < 4.78 is 0. The van der Waals surface area contributed by atoms with Crippen LogP contribution in [0.1, 0.15) is 34.9 Å². The van der Waals surface area contributed by atoms with Gasteiger partial charge < -0.3 is 10.6 Å². The molecule has 1 aliphatic rings. The molecule has 0 radical (unpaired) electrons. The second kappa shape index (κ2) is 9.26. The molecule has 0 saturated carbocycles. The van der Waals surface area contributed by atoms with Crippen molar-refractivity contribution in [2.24, 2.45) is 5.92 Å². The summed E-state index contributed by atoms with van der Waals surface area (Å²) >= 11 is 2.78. The quantitative estimate of drug-likeness (QED) is 0.737. The third kappa shape index (κ3) is 5.15.